The van der Waals surface area contributed by atoms with Crippen LogP contribution in [0.4, 0.5) is 0 Å². The van der Waals surface area contributed by atoms with Crippen molar-refractivity contribution < 1.29 is 4.42 Å². The number of hydrogen-bond acceptors (Lipinski definition) is 3. The molecule has 4 heteroatoms. The Hall–Kier alpha value is -2.07. The Morgan fingerprint density at radius 1 is 1.33 bits per heavy atom. The Morgan fingerprint density at radius 2 is 2.33 bits per heavy atom. The van der Waals surface area contributed by atoms with E-state index in [4.69, 9.17) is 4.42 Å². The Labute approximate surface area is 123 Å². The Kier molecular flexibility index (Phi) is 3.24. The number of hydrogen-bond donors (Lipinski definition) is 1. The molecule has 1 unspecified atom stereocenters. The highest BCUT2D eigenvalue weighted by molar-refractivity contribution is 5.79. The molecule has 1 aliphatic rings. The smallest absolute Gasteiger partial charge is 0.137 e. The molecular formula is C17H19N3O. The molecule has 0 radical (unpaired) electrons. The van der Waals surface area contributed by atoms with E-state index in [1.165, 1.54) is 35.9 Å². The molecule has 1 N–H and O–H groups in total. The predicted molar refractivity (Wildman–Crippen MR) is 82.1 cm³/mol. The van der Waals surface area contributed by atoms with E-state index in [0.29, 0.717) is 5.92 Å². The molecule has 0 amide bonds. The average molecular weight is 281 g/mol. The molecule has 0 saturated carbocycles. The molecule has 108 valence electrons. The van der Waals surface area contributed by atoms with E-state index < -0.39 is 0 Å². The number of piperidine rings is 1. The van der Waals surface area contributed by atoms with Crippen molar-refractivity contribution in [2.45, 2.75) is 25.3 Å². The highest BCUT2D eigenvalue weighted by Crippen LogP contribution is 2.31. The molecular weight excluding hydrogens is 262 g/mol. The van der Waals surface area contributed by atoms with E-state index in [9.17, 15) is 0 Å². The first-order valence-corrected chi connectivity index (χ1v) is 7.55. The lowest BCUT2D eigenvalue weighted by Crippen LogP contribution is -2.33. The van der Waals surface area contributed by atoms with Crippen molar-refractivity contribution in [3.8, 4) is 0 Å². The lowest BCUT2D eigenvalue weighted by molar-refractivity contribution is 0.200. The number of nitrogens with one attached hydrogen (secondary N) is 1. The summed E-state index contributed by atoms with van der Waals surface area (Å²) in [6, 6.07) is 6.38. The summed E-state index contributed by atoms with van der Waals surface area (Å²) in [5, 5.41) is 1.27. The molecule has 4 heterocycles. The molecule has 0 spiro atoms. The molecule has 1 saturated heterocycles. The van der Waals surface area contributed by atoms with E-state index in [0.717, 1.165) is 18.7 Å². The van der Waals surface area contributed by atoms with Crippen LogP contribution in [0.2, 0.25) is 0 Å². The maximum absolute atomic E-state index is 5.18. The number of aromatic amines is 1. The van der Waals surface area contributed by atoms with Crippen LogP contribution in [0.15, 0.2) is 47.5 Å². The standard InChI is InChI=1S/C17H19N3O/c1-2-14(11-20(8-1)10-13-5-9-21-12-13)15-3-6-18-17-16(15)4-7-19-17/h3-7,9,12,14H,1-2,8,10-11H2,(H,18,19). The summed E-state index contributed by atoms with van der Waals surface area (Å²) in [6.45, 7) is 3.26. The van der Waals surface area contributed by atoms with Crippen LogP contribution in [0.5, 0.6) is 0 Å². The third-order valence-corrected chi connectivity index (χ3v) is 4.43. The summed E-state index contributed by atoms with van der Waals surface area (Å²) in [4.78, 5) is 10.1. The van der Waals surface area contributed by atoms with E-state index in [2.05, 4.69) is 33.1 Å². The first-order valence-electron chi connectivity index (χ1n) is 7.55. The molecule has 4 nitrogen and oxygen atoms in total. The van der Waals surface area contributed by atoms with Crippen molar-refractivity contribution in [2.75, 3.05) is 13.1 Å². The third-order valence-electron chi connectivity index (χ3n) is 4.43. The number of fused-ring (bicyclic) bond motifs is 1. The van der Waals surface area contributed by atoms with Gasteiger partial charge in [-0.2, -0.15) is 0 Å². The molecule has 4 rings (SSSR count). The Morgan fingerprint density at radius 3 is 3.24 bits per heavy atom. The maximum Gasteiger partial charge on any atom is 0.137 e. The van der Waals surface area contributed by atoms with Crippen LogP contribution in [0, 0.1) is 0 Å². The quantitative estimate of drug-likeness (QED) is 0.798. The summed E-state index contributed by atoms with van der Waals surface area (Å²) < 4.78 is 5.18. The lowest BCUT2D eigenvalue weighted by Gasteiger charge is -2.33. The van der Waals surface area contributed by atoms with Gasteiger partial charge in [-0.25, -0.2) is 4.98 Å². The summed E-state index contributed by atoms with van der Waals surface area (Å²) in [5.74, 6) is 0.590. The third kappa shape index (κ3) is 2.47. The van der Waals surface area contributed by atoms with Gasteiger partial charge in [0.05, 0.1) is 12.5 Å². The molecule has 0 bridgehead atoms. The van der Waals surface area contributed by atoms with Gasteiger partial charge in [0.15, 0.2) is 0 Å². The molecule has 1 atom stereocenters. The van der Waals surface area contributed by atoms with Crippen molar-refractivity contribution in [3.63, 3.8) is 0 Å². The number of aromatic nitrogens is 2. The van der Waals surface area contributed by atoms with Gasteiger partial charge in [0, 0.05) is 36.4 Å². The van der Waals surface area contributed by atoms with Crippen LogP contribution >= 0.6 is 0 Å². The van der Waals surface area contributed by atoms with Crippen LogP contribution in [0.3, 0.4) is 0 Å². The molecule has 0 aliphatic carbocycles. The number of furan rings is 1. The van der Waals surface area contributed by atoms with Crippen molar-refractivity contribution >= 4 is 11.0 Å². The SMILES string of the molecule is c1cc(C2CCCN(Cc3ccoc3)C2)c2cc[nH]c2n1. The average Bonchev–Trinajstić information content (AvgIpc) is 3.18. The summed E-state index contributed by atoms with van der Waals surface area (Å²) in [7, 11) is 0. The van der Waals surface area contributed by atoms with Crippen LogP contribution in [0.1, 0.15) is 29.9 Å². The highest BCUT2D eigenvalue weighted by Gasteiger charge is 2.23. The van der Waals surface area contributed by atoms with Crippen molar-refractivity contribution in [2.24, 2.45) is 0 Å². The summed E-state index contributed by atoms with van der Waals surface area (Å²) >= 11 is 0. The summed E-state index contributed by atoms with van der Waals surface area (Å²) in [6.07, 6.45) is 10.0. The minimum atomic E-state index is 0.590. The van der Waals surface area contributed by atoms with Gasteiger partial charge in [0.25, 0.3) is 0 Å². The monoisotopic (exact) mass is 281 g/mol. The van der Waals surface area contributed by atoms with Gasteiger partial charge >= 0.3 is 0 Å². The van der Waals surface area contributed by atoms with Crippen LogP contribution in [-0.2, 0) is 6.54 Å². The number of pyridine rings is 1. The van der Waals surface area contributed by atoms with E-state index in [1.807, 2.05) is 18.7 Å². The number of rotatable bonds is 3. The van der Waals surface area contributed by atoms with Crippen LogP contribution < -0.4 is 0 Å². The van der Waals surface area contributed by atoms with Crippen LogP contribution in [-0.4, -0.2) is 28.0 Å². The minimum Gasteiger partial charge on any atom is -0.472 e. The van der Waals surface area contributed by atoms with Gasteiger partial charge in [0.1, 0.15) is 5.65 Å². The lowest BCUT2D eigenvalue weighted by atomic mass is 9.89. The fourth-order valence-electron chi connectivity index (χ4n) is 3.43. The first-order chi connectivity index (χ1) is 10.4. The molecule has 3 aromatic rings. The highest BCUT2D eigenvalue weighted by atomic mass is 16.3. The Balaban J connectivity index is 1.56. The number of likely N-dealkylation sites (tertiary alicyclic amines) is 1. The van der Waals surface area contributed by atoms with Crippen molar-refractivity contribution in [1.82, 2.24) is 14.9 Å². The first kappa shape index (κ1) is 12.7. The molecule has 1 fully saturated rings. The largest absolute Gasteiger partial charge is 0.472 e. The topological polar surface area (TPSA) is 45.1 Å². The minimum absolute atomic E-state index is 0.590. The van der Waals surface area contributed by atoms with Crippen LogP contribution in [0.25, 0.3) is 11.0 Å². The van der Waals surface area contributed by atoms with Gasteiger partial charge in [-0.15, -0.1) is 0 Å². The van der Waals surface area contributed by atoms with Gasteiger partial charge in [0.2, 0.25) is 0 Å². The second-order valence-electron chi connectivity index (χ2n) is 5.85. The molecule has 1 aliphatic heterocycles. The van der Waals surface area contributed by atoms with E-state index in [1.54, 1.807) is 6.26 Å². The second kappa shape index (κ2) is 5.37. The van der Waals surface area contributed by atoms with Gasteiger partial charge in [-0.05, 0) is 49.1 Å². The number of H-pyrrole nitrogens is 1. The van der Waals surface area contributed by atoms with E-state index >= 15 is 0 Å². The zero-order chi connectivity index (χ0) is 14.1. The predicted octanol–water partition coefficient (Wildman–Crippen LogP) is 3.54. The number of nitrogens with zero attached hydrogens (tertiary/aromatic N) is 2. The van der Waals surface area contributed by atoms with Gasteiger partial charge in [-0.3, -0.25) is 4.90 Å². The second-order valence-corrected chi connectivity index (χ2v) is 5.85. The fourth-order valence-corrected chi connectivity index (χ4v) is 3.43. The zero-order valence-corrected chi connectivity index (χ0v) is 12.0. The fraction of sp³-hybridized carbons (Fsp3) is 0.353. The molecule has 21 heavy (non-hydrogen) atoms. The summed E-state index contributed by atoms with van der Waals surface area (Å²) in [5.41, 5.74) is 3.69. The molecule has 3 aromatic heterocycles. The Bertz CT molecular complexity index is 717. The van der Waals surface area contributed by atoms with Crippen molar-refractivity contribution in [3.05, 3.63) is 54.2 Å². The van der Waals surface area contributed by atoms with Gasteiger partial charge in [-0.1, -0.05) is 0 Å². The normalized spacial score (nSPS) is 20.1. The molecule has 0 aromatic carbocycles. The zero-order valence-electron chi connectivity index (χ0n) is 12.0. The van der Waals surface area contributed by atoms with Crippen molar-refractivity contribution in [1.29, 1.82) is 0 Å². The van der Waals surface area contributed by atoms with E-state index in [-0.39, 0.29) is 0 Å². The van der Waals surface area contributed by atoms with Gasteiger partial charge < -0.3 is 9.40 Å². The maximum atomic E-state index is 5.18.